The lowest BCUT2D eigenvalue weighted by molar-refractivity contribution is 0.0639. The van der Waals surface area contributed by atoms with Crippen LogP contribution in [0.4, 0.5) is 8.78 Å². The van der Waals surface area contributed by atoms with Crippen molar-refractivity contribution >= 4 is 23.9 Å². The maximum atomic E-state index is 13.4. The smallest absolute Gasteiger partial charge is 0.337 e. The van der Waals surface area contributed by atoms with E-state index in [9.17, 15) is 48.4 Å². The van der Waals surface area contributed by atoms with Gasteiger partial charge in [0, 0.05) is 11.1 Å². The fraction of sp³-hybridized carbons (Fsp3) is 0. The summed E-state index contributed by atoms with van der Waals surface area (Å²) in [5, 5.41) is 39.3. The Bertz CT molecular complexity index is 1130. The van der Waals surface area contributed by atoms with E-state index in [1.54, 1.807) is 0 Å². The second kappa shape index (κ2) is 8.26. The Hall–Kier alpha value is -4.60. The topological polar surface area (TPSA) is 149 Å². The van der Waals surface area contributed by atoms with Crippen LogP contribution in [0, 0.1) is 11.6 Å². The molecule has 3 aromatic rings. The average Bonchev–Trinajstić information content (AvgIpc) is 2.72. The summed E-state index contributed by atoms with van der Waals surface area (Å²) in [6.45, 7) is 0. The van der Waals surface area contributed by atoms with Crippen LogP contribution in [0.15, 0.2) is 48.5 Å². The van der Waals surface area contributed by atoms with Gasteiger partial charge in [-0.05, 0) is 35.4 Å². The molecule has 0 heterocycles. The first kappa shape index (κ1) is 22.1. The van der Waals surface area contributed by atoms with Crippen molar-refractivity contribution in [2.24, 2.45) is 0 Å². The van der Waals surface area contributed by atoms with Gasteiger partial charge in [0.05, 0.1) is 22.3 Å². The minimum Gasteiger partial charge on any atom is -0.478 e. The van der Waals surface area contributed by atoms with Crippen LogP contribution in [-0.4, -0.2) is 44.3 Å². The van der Waals surface area contributed by atoms with Crippen molar-refractivity contribution in [3.8, 4) is 22.3 Å². The summed E-state index contributed by atoms with van der Waals surface area (Å²) < 4.78 is 26.8. The van der Waals surface area contributed by atoms with Gasteiger partial charge < -0.3 is 20.4 Å². The lowest BCUT2D eigenvalue weighted by atomic mass is 9.81. The minimum atomic E-state index is -1.86. The summed E-state index contributed by atoms with van der Waals surface area (Å²) in [4.78, 5) is 48.6. The predicted octanol–water partition coefficient (Wildman–Crippen LogP) is 4.09. The number of halogens is 2. The third-order valence-corrected chi connectivity index (χ3v) is 4.62. The van der Waals surface area contributed by atoms with Crippen LogP contribution < -0.4 is 0 Å². The molecule has 0 bridgehead atoms. The Morgan fingerprint density at radius 2 is 0.688 bits per heavy atom. The van der Waals surface area contributed by atoms with Crippen LogP contribution in [0.25, 0.3) is 22.3 Å². The largest absolute Gasteiger partial charge is 0.478 e. The second-order valence-corrected chi connectivity index (χ2v) is 6.48. The van der Waals surface area contributed by atoms with E-state index in [-0.39, 0.29) is 11.1 Å². The molecule has 8 nitrogen and oxygen atoms in total. The van der Waals surface area contributed by atoms with E-state index in [2.05, 4.69) is 0 Å². The highest BCUT2D eigenvalue weighted by Gasteiger charge is 2.36. The molecule has 0 aliphatic heterocycles. The van der Waals surface area contributed by atoms with Crippen LogP contribution in [0.5, 0.6) is 0 Å². The van der Waals surface area contributed by atoms with Gasteiger partial charge in [0.1, 0.15) is 11.6 Å². The van der Waals surface area contributed by atoms with Gasteiger partial charge in [-0.15, -0.1) is 0 Å². The lowest BCUT2D eigenvalue weighted by Crippen LogP contribution is -2.21. The third kappa shape index (κ3) is 3.76. The Balaban J connectivity index is 2.68. The minimum absolute atomic E-state index is 0.225. The van der Waals surface area contributed by atoms with Crippen molar-refractivity contribution in [2.75, 3.05) is 0 Å². The summed E-state index contributed by atoms with van der Waals surface area (Å²) in [5.74, 6) is -8.92. The van der Waals surface area contributed by atoms with Crippen molar-refractivity contribution in [3.05, 3.63) is 82.4 Å². The monoisotopic (exact) mass is 442 g/mol. The highest BCUT2D eigenvalue weighted by molar-refractivity contribution is 6.21. The maximum Gasteiger partial charge on any atom is 0.337 e. The molecule has 0 aromatic heterocycles. The van der Waals surface area contributed by atoms with Crippen molar-refractivity contribution in [3.63, 3.8) is 0 Å². The van der Waals surface area contributed by atoms with Gasteiger partial charge in [-0.25, -0.2) is 28.0 Å². The molecular formula is C22H12F2O8. The number of hydrogen-bond donors (Lipinski definition) is 4. The Morgan fingerprint density at radius 1 is 0.469 bits per heavy atom. The molecule has 0 amide bonds. The number of carboxylic acid groups (broad SMARTS) is 4. The van der Waals surface area contributed by atoms with Gasteiger partial charge in [0.25, 0.3) is 0 Å². The fourth-order valence-electron chi connectivity index (χ4n) is 3.42. The maximum absolute atomic E-state index is 13.4. The molecule has 0 aliphatic carbocycles. The highest BCUT2D eigenvalue weighted by Crippen LogP contribution is 2.41. The van der Waals surface area contributed by atoms with Crippen molar-refractivity contribution in [1.29, 1.82) is 0 Å². The lowest BCUT2D eigenvalue weighted by Gasteiger charge is -2.20. The van der Waals surface area contributed by atoms with Gasteiger partial charge in [-0.3, -0.25) is 0 Å². The Labute approximate surface area is 177 Å². The highest BCUT2D eigenvalue weighted by atomic mass is 19.1. The van der Waals surface area contributed by atoms with E-state index in [0.29, 0.717) is 0 Å². The number of rotatable bonds is 6. The molecule has 0 radical (unpaired) electrons. The average molecular weight is 442 g/mol. The third-order valence-electron chi connectivity index (χ3n) is 4.62. The summed E-state index contributed by atoms with van der Waals surface area (Å²) >= 11 is 0. The normalized spacial score (nSPS) is 10.6. The van der Waals surface area contributed by atoms with Crippen LogP contribution in [0.1, 0.15) is 41.4 Å². The van der Waals surface area contributed by atoms with Crippen molar-refractivity contribution < 1.29 is 48.4 Å². The van der Waals surface area contributed by atoms with Crippen molar-refractivity contribution in [1.82, 2.24) is 0 Å². The Kier molecular flexibility index (Phi) is 5.71. The van der Waals surface area contributed by atoms with Gasteiger partial charge in [0.2, 0.25) is 0 Å². The standard InChI is InChI=1S/C22H12F2O8/c23-11-5-1-9(2-6-11)13-15(19(25)26)17(21(29)30)14(10-3-7-12(24)8-4-10)18(22(31)32)16(13)20(27)28/h1-8H,(H,25,26)(H,27,28)(H,29,30)(H,31,32). The molecule has 10 heteroatoms. The van der Waals surface area contributed by atoms with E-state index < -0.39 is 68.9 Å². The van der Waals surface area contributed by atoms with Crippen molar-refractivity contribution in [2.45, 2.75) is 0 Å². The van der Waals surface area contributed by atoms with Crippen LogP contribution in [0.2, 0.25) is 0 Å². The molecule has 0 fully saturated rings. The predicted molar refractivity (Wildman–Crippen MR) is 105 cm³/mol. The number of hydrogen-bond acceptors (Lipinski definition) is 4. The Morgan fingerprint density at radius 3 is 0.875 bits per heavy atom. The van der Waals surface area contributed by atoms with Crippen LogP contribution in [0.3, 0.4) is 0 Å². The molecule has 0 unspecified atom stereocenters. The quantitative estimate of drug-likeness (QED) is 0.446. The van der Waals surface area contributed by atoms with Crippen LogP contribution >= 0.6 is 0 Å². The van der Waals surface area contributed by atoms with Gasteiger partial charge in [-0.2, -0.15) is 0 Å². The van der Waals surface area contributed by atoms with Gasteiger partial charge in [-0.1, -0.05) is 24.3 Å². The summed E-state index contributed by atoms with van der Waals surface area (Å²) in [6.07, 6.45) is 0. The first-order valence-electron chi connectivity index (χ1n) is 8.73. The number of carboxylic acids is 4. The summed E-state index contributed by atoms with van der Waals surface area (Å²) in [5.41, 5.74) is -5.92. The van der Waals surface area contributed by atoms with E-state index in [1.807, 2.05) is 0 Å². The molecule has 3 rings (SSSR count). The molecule has 0 saturated carbocycles. The molecule has 0 spiro atoms. The number of benzene rings is 3. The zero-order chi connectivity index (χ0) is 23.7. The number of aromatic carboxylic acids is 4. The summed E-state index contributed by atoms with van der Waals surface area (Å²) in [6, 6.07) is 7.50. The van der Waals surface area contributed by atoms with E-state index in [4.69, 9.17) is 0 Å². The fourth-order valence-corrected chi connectivity index (χ4v) is 3.42. The first-order chi connectivity index (χ1) is 15.0. The van der Waals surface area contributed by atoms with E-state index in [0.717, 1.165) is 48.5 Å². The molecular weight excluding hydrogens is 430 g/mol. The molecule has 4 N–H and O–H groups in total. The van der Waals surface area contributed by atoms with E-state index in [1.165, 1.54) is 0 Å². The first-order valence-corrected chi connectivity index (χ1v) is 8.73. The molecule has 162 valence electrons. The second-order valence-electron chi connectivity index (χ2n) is 6.48. The molecule has 0 saturated heterocycles. The molecule has 3 aromatic carbocycles. The SMILES string of the molecule is O=C(O)c1c(C(=O)O)c(-c2ccc(F)cc2)c(C(=O)O)c(C(=O)O)c1-c1ccc(F)cc1. The molecule has 32 heavy (non-hydrogen) atoms. The zero-order valence-electron chi connectivity index (χ0n) is 15.8. The molecule has 0 atom stereocenters. The summed E-state index contributed by atoms with van der Waals surface area (Å²) in [7, 11) is 0. The van der Waals surface area contributed by atoms with Gasteiger partial charge in [0.15, 0.2) is 0 Å². The number of carbonyl (C=O) groups is 4. The molecule has 0 aliphatic rings. The van der Waals surface area contributed by atoms with Crippen LogP contribution in [-0.2, 0) is 0 Å². The van der Waals surface area contributed by atoms with E-state index >= 15 is 0 Å². The van der Waals surface area contributed by atoms with Gasteiger partial charge >= 0.3 is 23.9 Å². The zero-order valence-corrected chi connectivity index (χ0v) is 15.8.